The third kappa shape index (κ3) is 2.94. The van der Waals surface area contributed by atoms with Crippen molar-refractivity contribution in [3.8, 4) is 0 Å². The standard InChI is InChI=1S/C15H17NO5/c1-2-21-14(18)15(9-7-13(17)8-10-15)11-3-5-12(6-4-11)16(19)20/h3-6H,2,7-10H2,1H3. The van der Waals surface area contributed by atoms with Gasteiger partial charge >= 0.3 is 5.97 Å². The molecule has 0 aromatic heterocycles. The van der Waals surface area contributed by atoms with E-state index in [0.717, 1.165) is 0 Å². The van der Waals surface area contributed by atoms with Crippen LogP contribution < -0.4 is 0 Å². The average Bonchev–Trinajstić information content (AvgIpc) is 2.48. The van der Waals surface area contributed by atoms with Gasteiger partial charge in [-0.15, -0.1) is 0 Å². The van der Waals surface area contributed by atoms with Gasteiger partial charge in [0.15, 0.2) is 0 Å². The third-order valence-corrected chi connectivity index (χ3v) is 3.96. The van der Waals surface area contributed by atoms with Gasteiger partial charge in [0.1, 0.15) is 5.78 Å². The molecule has 0 amide bonds. The van der Waals surface area contributed by atoms with Gasteiger partial charge in [0.2, 0.25) is 0 Å². The molecular formula is C15H17NO5. The molecule has 1 aromatic carbocycles. The number of carbonyl (C=O) groups excluding carboxylic acids is 2. The van der Waals surface area contributed by atoms with Gasteiger partial charge in [-0.2, -0.15) is 0 Å². The van der Waals surface area contributed by atoms with Crippen LogP contribution in [0.1, 0.15) is 38.2 Å². The van der Waals surface area contributed by atoms with Gasteiger partial charge in [-0.05, 0) is 25.3 Å². The van der Waals surface area contributed by atoms with Crippen molar-refractivity contribution in [2.24, 2.45) is 0 Å². The van der Waals surface area contributed by atoms with E-state index in [4.69, 9.17) is 4.74 Å². The van der Waals surface area contributed by atoms with Crippen molar-refractivity contribution in [1.29, 1.82) is 0 Å². The Morgan fingerprint density at radius 2 is 1.86 bits per heavy atom. The van der Waals surface area contributed by atoms with Gasteiger partial charge in [-0.25, -0.2) is 0 Å². The molecule has 2 rings (SSSR count). The van der Waals surface area contributed by atoms with Crippen molar-refractivity contribution in [3.05, 3.63) is 39.9 Å². The summed E-state index contributed by atoms with van der Waals surface area (Å²) < 4.78 is 5.17. The Labute approximate surface area is 122 Å². The minimum absolute atomic E-state index is 0.0235. The first-order chi connectivity index (χ1) is 9.99. The van der Waals surface area contributed by atoms with Crippen molar-refractivity contribution in [2.75, 3.05) is 6.61 Å². The molecule has 0 spiro atoms. The summed E-state index contributed by atoms with van der Waals surface area (Å²) in [6, 6.07) is 5.94. The molecule has 0 aliphatic heterocycles. The van der Waals surface area contributed by atoms with Gasteiger partial charge < -0.3 is 4.74 Å². The fraction of sp³-hybridized carbons (Fsp3) is 0.467. The molecular weight excluding hydrogens is 274 g/mol. The van der Waals surface area contributed by atoms with Crippen molar-refractivity contribution in [3.63, 3.8) is 0 Å². The third-order valence-electron chi connectivity index (χ3n) is 3.96. The van der Waals surface area contributed by atoms with E-state index in [1.54, 1.807) is 19.1 Å². The number of hydrogen-bond acceptors (Lipinski definition) is 5. The van der Waals surface area contributed by atoms with Gasteiger partial charge in [0.25, 0.3) is 5.69 Å². The fourth-order valence-electron chi connectivity index (χ4n) is 2.74. The van der Waals surface area contributed by atoms with Crippen LogP contribution in [0.4, 0.5) is 5.69 Å². The summed E-state index contributed by atoms with van der Waals surface area (Å²) in [5.74, 6) is -0.219. The number of nitrogens with zero attached hydrogens (tertiary/aromatic N) is 1. The highest BCUT2D eigenvalue weighted by molar-refractivity contribution is 5.88. The highest BCUT2D eigenvalue weighted by atomic mass is 16.6. The van der Waals surface area contributed by atoms with E-state index in [2.05, 4.69) is 0 Å². The Kier molecular flexibility index (Phi) is 4.35. The normalized spacial score (nSPS) is 17.3. The van der Waals surface area contributed by atoms with Gasteiger partial charge in [0.05, 0.1) is 16.9 Å². The first-order valence-corrected chi connectivity index (χ1v) is 6.93. The number of ether oxygens (including phenoxy) is 1. The molecule has 1 aromatic rings. The largest absolute Gasteiger partial charge is 0.465 e. The van der Waals surface area contributed by atoms with E-state index >= 15 is 0 Å². The minimum atomic E-state index is -0.862. The molecule has 112 valence electrons. The Morgan fingerprint density at radius 3 is 2.33 bits per heavy atom. The second kappa shape index (κ2) is 6.03. The highest BCUT2D eigenvalue weighted by Gasteiger charge is 2.44. The van der Waals surface area contributed by atoms with Gasteiger partial charge in [-0.1, -0.05) is 12.1 Å². The van der Waals surface area contributed by atoms with E-state index in [0.29, 0.717) is 31.2 Å². The Morgan fingerprint density at radius 1 is 1.29 bits per heavy atom. The molecule has 0 radical (unpaired) electrons. The smallest absolute Gasteiger partial charge is 0.316 e. The van der Waals surface area contributed by atoms with Crippen molar-refractivity contribution >= 4 is 17.4 Å². The van der Waals surface area contributed by atoms with Crippen LogP contribution in [-0.4, -0.2) is 23.3 Å². The Bertz CT molecular complexity index is 554. The van der Waals surface area contributed by atoms with Crippen LogP contribution >= 0.6 is 0 Å². The number of nitro groups is 1. The van der Waals surface area contributed by atoms with Crippen molar-refractivity contribution < 1.29 is 19.2 Å². The number of benzene rings is 1. The molecule has 1 saturated carbocycles. The van der Waals surface area contributed by atoms with Crippen LogP contribution in [0.3, 0.4) is 0 Å². The lowest BCUT2D eigenvalue weighted by molar-refractivity contribution is -0.384. The van der Waals surface area contributed by atoms with E-state index < -0.39 is 10.3 Å². The number of nitro benzene ring substituents is 1. The van der Waals surface area contributed by atoms with Gasteiger partial charge in [-0.3, -0.25) is 19.7 Å². The highest BCUT2D eigenvalue weighted by Crippen LogP contribution is 2.40. The van der Waals surface area contributed by atoms with E-state index in [9.17, 15) is 19.7 Å². The summed E-state index contributed by atoms with van der Waals surface area (Å²) in [6.45, 7) is 2.00. The minimum Gasteiger partial charge on any atom is -0.465 e. The van der Waals surface area contributed by atoms with Crippen LogP contribution in [-0.2, 0) is 19.7 Å². The molecule has 21 heavy (non-hydrogen) atoms. The SMILES string of the molecule is CCOC(=O)C1(c2ccc([N+](=O)[O-])cc2)CCC(=O)CC1. The van der Waals surface area contributed by atoms with Crippen LogP contribution in [0, 0.1) is 10.1 Å². The summed E-state index contributed by atoms with van der Waals surface area (Å²) in [4.78, 5) is 34.1. The topological polar surface area (TPSA) is 86.5 Å². The predicted octanol–water partition coefficient (Wildman–Crippen LogP) is 2.54. The molecule has 6 heteroatoms. The maximum Gasteiger partial charge on any atom is 0.316 e. The lowest BCUT2D eigenvalue weighted by atomic mass is 9.69. The summed E-state index contributed by atoms with van der Waals surface area (Å²) in [7, 11) is 0. The predicted molar refractivity (Wildman–Crippen MR) is 74.9 cm³/mol. The van der Waals surface area contributed by atoms with Crippen LogP contribution in [0.15, 0.2) is 24.3 Å². The number of hydrogen-bond donors (Lipinski definition) is 0. The zero-order chi connectivity index (χ0) is 15.5. The second-order valence-electron chi connectivity index (χ2n) is 5.15. The molecule has 0 bridgehead atoms. The van der Waals surface area contributed by atoms with Crippen LogP contribution in [0.5, 0.6) is 0 Å². The molecule has 1 aliphatic rings. The molecule has 0 atom stereocenters. The zero-order valence-electron chi connectivity index (χ0n) is 11.8. The number of rotatable bonds is 4. The first-order valence-electron chi connectivity index (χ1n) is 6.93. The van der Waals surface area contributed by atoms with E-state index in [-0.39, 0.29) is 24.0 Å². The monoisotopic (exact) mass is 291 g/mol. The summed E-state index contributed by atoms with van der Waals surface area (Å²) in [5.41, 5.74) is -0.206. The molecule has 0 unspecified atom stereocenters. The first kappa shape index (κ1) is 15.2. The Hall–Kier alpha value is -2.24. The molecule has 1 aliphatic carbocycles. The van der Waals surface area contributed by atoms with Crippen LogP contribution in [0.25, 0.3) is 0 Å². The summed E-state index contributed by atoms with van der Waals surface area (Å²) >= 11 is 0. The number of carbonyl (C=O) groups is 2. The summed E-state index contributed by atoms with van der Waals surface area (Å²) in [5, 5.41) is 10.7. The average molecular weight is 291 g/mol. The number of non-ortho nitro benzene ring substituents is 1. The van der Waals surface area contributed by atoms with E-state index in [1.807, 2.05) is 0 Å². The van der Waals surface area contributed by atoms with Crippen molar-refractivity contribution in [1.82, 2.24) is 0 Å². The quantitative estimate of drug-likeness (QED) is 0.483. The maximum absolute atomic E-state index is 12.4. The molecule has 6 nitrogen and oxygen atoms in total. The fourth-order valence-corrected chi connectivity index (χ4v) is 2.74. The number of Topliss-reactive ketones (excluding diaryl/α,β-unsaturated/α-hetero) is 1. The summed E-state index contributed by atoms with van der Waals surface area (Å²) in [6.07, 6.45) is 1.44. The lowest BCUT2D eigenvalue weighted by Crippen LogP contribution is -2.41. The second-order valence-corrected chi connectivity index (χ2v) is 5.15. The number of esters is 1. The maximum atomic E-state index is 12.4. The molecule has 0 saturated heterocycles. The molecule has 0 N–H and O–H groups in total. The molecule has 0 heterocycles. The van der Waals surface area contributed by atoms with Gasteiger partial charge in [0, 0.05) is 25.0 Å². The number of ketones is 1. The van der Waals surface area contributed by atoms with Crippen molar-refractivity contribution in [2.45, 2.75) is 38.0 Å². The molecule has 1 fully saturated rings. The Balaban J connectivity index is 2.37. The van der Waals surface area contributed by atoms with E-state index in [1.165, 1.54) is 12.1 Å². The lowest BCUT2D eigenvalue weighted by Gasteiger charge is -2.34. The zero-order valence-corrected chi connectivity index (χ0v) is 11.8. The van der Waals surface area contributed by atoms with Crippen LogP contribution in [0.2, 0.25) is 0 Å².